The van der Waals surface area contributed by atoms with Crippen LogP contribution in [0.15, 0.2) is 0 Å². The molecule has 0 amide bonds. The minimum Gasteiger partial charge on any atom is -0.469 e. The number of hydrogen-bond donors (Lipinski definition) is 0. The lowest BCUT2D eigenvalue weighted by atomic mass is 10.0. The molecule has 0 saturated carbocycles. The van der Waals surface area contributed by atoms with Gasteiger partial charge >= 0.3 is 5.97 Å². The van der Waals surface area contributed by atoms with Gasteiger partial charge in [0.1, 0.15) is 0 Å². The van der Waals surface area contributed by atoms with Gasteiger partial charge in [-0.05, 0) is 45.3 Å². The van der Waals surface area contributed by atoms with E-state index in [-0.39, 0.29) is 5.97 Å². The molecule has 98 valence electrons. The molecule has 0 unspecified atom stereocenters. The van der Waals surface area contributed by atoms with E-state index < -0.39 is 0 Å². The molecule has 2 rings (SSSR count). The second kappa shape index (κ2) is 6.36. The summed E-state index contributed by atoms with van der Waals surface area (Å²) in [6.45, 7) is 5.68. The van der Waals surface area contributed by atoms with Crippen LogP contribution in [-0.2, 0) is 9.53 Å². The summed E-state index contributed by atoms with van der Waals surface area (Å²) in [5.74, 6) is -0.0895. The van der Waals surface area contributed by atoms with Crippen molar-refractivity contribution in [3.8, 4) is 0 Å². The van der Waals surface area contributed by atoms with Crippen LogP contribution in [-0.4, -0.2) is 61.6 Å². The molecule has 0 aromatic heterocycles. The van der Waals surface area contributed by atoms with E-state index in [9.17, 15) is 4.79 Å². The van der Waals surface area contributed by atoms with Crippen molar-refractivity contribution < 1.29 is 9.53 Å². The quantitative estimate of drug-likeness (QED) is 0.689. The second-order valence-corrected chi connectivity index (χ2v) is 5.17. The molecule has 0 N–H and O–H groups in total. The summed E-state index contributed by atoms with van der Waals surface area (Å²) in [4.78, 5) is 16.2. The van der Waals surface area contributed by atoms with E-state index in [0.29, 0.717) is 6.42 Å². The maximum Gasteiger partial charge on any atom is 0.306 e. The highest BCUT2D eigenvalue weighted by atomic mass is 16.5. The summed E-state index contributed by atoms with van der Waals surface area (Å²) < 4.78 is 4.69. The normalized spacial score (nSPS) is 27.2. The van der Waals surface area contributed by atoms with Crippen molar-refractivity contribution in [1.29, 1.82) is 0 Å². The van der Waals surface area contributed by atoms with Crippen molar-refractivity contribution in [1.82, 2.24) is 9.80 Å². The number of carbonyl (C=O) groups is 1. The number of likely N-dealkylation sites (tertiary alicyclic amines) is 2. The number of carbonyl (C=O) groups excluding carboxylic acids is 1. The number of rotatable bonds is 4. The fourth-order valence-corrected chi connectivity index (χ4v) is 2.99. The Morgan fingerprint density at radius 1 is 1.24 bits per heavy atom. The van der Waals surface area contributed by atoms with Crippen LogP contribution in [0.3, 0.4) is 0 Å². The van der Waals surface area contributed by atoms with E-state index in [2.05, 4.69) is 9.80 Å². The first-order valence-electron chi connectivity index (χ1n) is 6.83. The molecule has 1 atom stereocenters. The highest BCUT2D eigenvalue weighted by Gasteiger charge is 2.26. The van der Waals surface area contributed by atoms with E-state index in [0.717, 1.165) is 25.7 Å². The van der Waals surface area contributed by atoms with Crippen molar-refractivity contribution in [3.63, 3.8) is 0 Å². The third-order valence-corrected chi connectivity index (χ3v) is 4.00. The lowest BCUT2D eigenvalue weighted by Crippen LogP contribution is -2.47. The van der Waals surface area contributed by atoms with Gasteiger partial charge in [-0.1, -0.05) is 0 Å². The monoisotopic (exact) mass is 240 g/mol. The van der Waals surface area contributed by atoms with Crippen LogP contribution in [0.1, 0.15) is 32.1 Å². The van der Waals surface area contributed by atoms with E-state index in [1.54, 1.807) is 0 Å². The molecule has 0 aromatic rings. The Hall–Kier alpha value is -0.610. The number of piperidine rings is 1. The van der Waals surface area contributed by atoms with E-state index in [4.69, 9.17) is 4.74 Å². The number of methoxy groups -OCH3 is 1. The number of ether oxygens (including phenoxy) is 1. The second-order valence-electron chi connectivity index (χ2n) is 5.17. The van der Waals surface area contributed by atoms with Crippen LogP contribution in [0.4, 0.5) is 0 Å². The van der Waals surface area contributed by atoms with Crippen LogP contribution >= 0.6 is 0 Å². The minimum atomic E-state index is -0.0895. The fourth-order valence-electron chi connectivity index (χ4n) is 2.99. The average Bonchev–Trinajstić information content (AvgIpc) is 2.90. The average molecular weight is 240 g/mol. The molecular weight excluding hydrogens is 216 g/mol. The van der Waals surface area contributed by atoms with Crippen LogP contribution in [0.5, 0.6) is 0 Å². The molecule has 2 aliphatic rings. The topological polar surface area (TPSA) is 32.8 Å². The summed E-state index contributed by atoms with van der Waals surface area (Å²) in [5.41, 5.74) is 0. The molecule has 4 nitrogen and oxygen atoms in total. The number of nitrogens with zero attached hydrogens (tertiary/aromatic N) is 2. The molecule has 0 aromatic carbocycles. The molecule has 0 aliphatic carbocycles. The summed E-state index contributed by atoms with van der Waals surface area (Å²) in [7, 11) is 1.46. The minimum absolute atomic E-state index is 0.0895. The Labute approximate surface area is 104 Å². The zero-order chi connectivity index (χ0) is 12.1. The molecular formula is C13H24N2O2. The largest absolute Gasteiger partial charge is 0.469 e. The Morgan fingerprint density at radius 2 is 2.00 bits per heavy atom. The van der Waals surface area contributed by atoms with Gasteiger partial charge in [0.2, 0.25) is 0 Å². The summed E-state index contributed by atoms with van der Waals surface area (Å²) in [5, 5.41) is 0. The van der Waals surface area contributed by atoms with Gasteiger partial charge in [0.15, 0.2) is 0 Å². The molecule has 4 heteroatoms. The van der Waals surface area contributed by atoms with Gasteiger partial charge in [0.05, 0.1) is 13.5 Å². The molecule has 2 saturated heterocycles. The van der Waals surface area contributed by atoms with E-state index >= 15 is 0 Å². The Kier molecular flexibility index (Phi) is 4.80. The fraction of sp³-hybridized carbons (Fsp3) is 0.923. The van der Waals surface area contributed by atoms with Crippen LogP contribution in [0.25, 0.3) is 0 Å². The van der Waals surface area contributed by atoms with Crippen LogP contribution in [0.2, 0.25) is 0 Å². The van der Waals surface area contributed by atoms with Crippen LogP contribution in [0, 0.1) is 0 Å². The number of hydrogen-bond acceptors (Lipinski definition) is 4. The van der Waals surface area contributed by atoms with Gasteiger partial charge in [-0.25, -0.2) is 0 Å². The van der Waals surface area contributed by atoms with Crippen molar-refractivity contribution in [2.45, 2.75) is 38.1 Å². The van der Waals surface area contributed by atoms with E-state index in [1.165, 1.54) is 45.9 Å². The van der Waals surface area contributed by atoms with Gasteiger partial charge in [0.25, 0.3) is 0 Å². The first-order chi connectivity index (χ1) is 8.29. The molecule has 0 radical (unpaired) electrons. The van der Waals surface area contributed by atoms with Gasteiger partial charge in [-0.15, -0.1) is 0 Å². The SMILES string of the molecule is COC(=O)CCN1CCC[C@H](N2CCCC2)C1. The Balaban J connectivity index is 1.74. The van der Waals surface area contributed by atoms with Crippen molar-refractivity contribution >= 4 is 5.97 Å². The molecule has 0 spiro atoms. The molecule has 2 fully saturated rings. The van der Waals surface area contributed by atoms with Crippen molar-refractivity contribution in [2.75, 3.05) is 39.8 Å². The molecule has 0 bridgehead atoms. The van der Waals surface area contributed by atoms with E-state index in [1.807, 2.05) is 0 Å². The third-order valence-electron chi connectivity index (χ3n) is 4.00. The zero-order valence-electron chi connectivity index (χ0n) is 10.9. The smallest absolute Gasteiger partial charge is 0.306 e. The highest BCUT2D eigenvalue weighted by Crippen LogP contribution is 2.20. The first-order valence-corrected chi connectivity index (χ1v) is 6.83. The predicted octanol–water partition coefficient (Wildman–Crippen LogP) is 1.11. The first kappa shape index (κ1) is 12.8. The molecule has 17 heavy (non-hydrogen) atoms. The summed E-state index contributed by atoms with van der Waals surface area (Å²) in [6, 6.07) is 0.726. The Morgan fingerprint density at radius 3 is 2.71 bits per heavy atom. The Bertz CT molecular complexity index is 252. The predicted molar refractivity (Wildman–Crippen MR) is 66.9 cm³/mol. The molecule has 2 heterocycles. The summed E-state index contributed by atoms with van der Waals surface area (Å²) >= 11 is 0. The molecule has 2 aliphatic heterocycles. The third kappa shape index (κ3) is 3.68. The highest BCUT2D eigenvalue weighted by molar-refractivity contribution is 5.69. The van der Waals surface area contributed by atoms with Crippen molar-refractivity contribution in [3.05, 3.63) is 0 Å². The van der Waals surface area contributed by atoms with Gasteiger partial charge < -0.3 is 9.64 Å². The lowest BCUT2D eigenvalue weighted by molar-refractivity contribution is -0.141. The van der Waals surface area contributed by atoms with Crippen LogP contribution < -0.4 is 0 Å². The van der Waals surface area contributed by atoms with Gasteiger partial charge in [0, 0.05) is 19.1 Å². The zero-order valence-corrected chi connectivity index (χ0v) is 10.9. The lowest BCUT2D eigenvalue weighted by Gasteiger charge is -2.37. The maximum atomic E-state index is 11.1. The summed E-state index contributed by atoms with van der Waals surface area (Å²) in [6.07, 6.45) is 5.84. The van der Waals surface area contributed by atoms with Gasteiger partial charge in [-0.3, -0.25) is 9.69 Å². The number of esters is 1. The maximum absolute atomic E-state index is 11.1. The van der Waals surface area contributed by atoms with Gasteiger partial charge in [-0.2, -0.15) is 0 Å². The standard InChI is InChI=1S/C13H24N2O2/c1-17-13(16)6-10-14-7-4-5-12(11-14)15-8-2-3-9-15/h12H,2-11H2,1H3/t12-/m0/s1. The van der Waals surface area contributed by atoms with Crippen molar-refractivity contribution in [2.24, 2.45) is 0 Å².